The summed E-state index contributed by atoms with van der Waals surface area (Å²) in [6, 6.07) is 1.84. The summed E-state index contributed by atoms with van der Waals surface area (Å²) in [5.41, 5.74) is -0.275. The van der Waals surface area contributed by atoms with Crippen molar-refractivity contribution in [3.05, 3.63) is 22.3 Å². The highest BCUT2D eigenvalue weighted by molar-refractivity contribution is 9.10. The van der Waals surface area contributed by atoms with E-state index in [4.69, 9.17) is 9.47 Å². The van der Waals surface area contributed by atoms with Gasteiger partial charge in [0.25, 0.3) is 0 Å². The average Bonchev–Trinajstić information content (AvgIpc) is 2.69. The number of halogens is 1. The molecule has 2 rings (SSSR count). The second-order valence-electron chi connectivity index (χ2n) is 3.77. The average molecular weight is 288 g/mol. The molecule has 0 unspecified atom stereocenters. The summed E-state index contributed by atoms with van der Waals surface area (Å²) in [7, 11) is 0. The Morgan fingerprint density at radius 3 is 3.12 bits per heavy atom. The number of ether oxygens (including phenoxy) is 2. The molecule has 5 heteroatoms. The third kappa shape index (κ3) is 2.21. The number of aliphatic hydroxyl groups is 1. The fraction of sp³-hybridized carbons (Fsp3) is 0.545. The molecule has 1 aromatic rings. The van der Waals surface area contributed by atoms with Crippen molar-refractivity contribution in [2.45, 2.75) is 18.9 Å². The predicted molar refractivity (Wildman–Crippen MR) is 62.4 cm³/mol. The molecule has 2 heterocycles. The van der Waals surface area contributed by atoms with Crippen molar-refractivity contribution in [3.8, 4) is 5.88 Å². The Labute approximate surface area is 103 Å². The first-order valence-corrected chi connectivity index (χ1v) is 6.04. The van der Waals surface area contributed by atoms with E-state index in [2.05, 4.69) is 20.9 Å². The van der Waals surface area contributed by atoms with Gasteiger partial charge in [-0.3, -0.25) is 0 Å². The smallest absolute Gasteiger partial charge is 0.219 e. The molecule has 1 atom stereocenters. The molecule has 0 spiro atoms. The fourth-order valence-corrected chi connectivity index (χ4v) is 2.11. The maximum absolute atomic E-state index is 10.4. The van der Waals surface area contributed by atoms with Crippen LogP contribution in [0.1, 0.15) is 18.9 Å². The fourth-order valence-electron chi connectivity index (χ4n) is 1.78. The molecule has 0 amide bonds. The van der Waals surface area contributed by atoms with Crippen molar-refractivity contribution < 1.29 is 14.6 Å². The van der Waals surface area contributed by atoms with Gasteiger partial charge in [-0.1, -0.05) is 0 Å². The Morgan fingerprint density at radius 2 is 2.50 bits per heavy atom. The zero-order valence-corrected chi connectivity index (χ0v) is 10.7. The van der Waals surface area contributed by atoms with E-state index < -0.39 is 5.60 Å². The minimum atomic E-state index is -0.971. The van der Waals surface area contributed by atoms with Gasteiger partial charge in [0.1, 0.15) is 5.60 Å². The van der Waals surface area contributed by atoms with E-state index >= 15 is 0 Å². The number of pyridine rings is 1. The van der Waals surface area contributed by atoms with Gasteiger partial charge in [-0.25, -0.2) is 4.98 Å². The van der Waals surface area contributed by atoms with E-state index in [0.717, 1.165) is 4.47 Å². The zero-order valence-electron chi connectivity index (χ0n) is 9.07. The molecule has 0 radical (unpaired) electrons. The van der Waals surface area contributed by atoms with Crippen LogP contribution in [0.2, 0.25) is 0 Å². The van der Waals surface area contributed by atoms with Gasteiger partial charge in [-0.2, -0.15) is 0 Å². The van der Waals surface area contributed by atoms with Crippen molar-refractivity contribution in [3.63, 3.8) is 0 Å². The molecule has 1 fully saturated rings. The van der Waals surface area contributed by atoms with Crippen molar-refractivity contribution in [1.29, 1.82) is 0 Å². The summed E-state index contributed by atoms with van der Waals surface area (Å²) < 4.78 is 11.5. The van der Waals surface area contributed by atoms with Gasteiger partial charge in [-0.15, -0.1) is 0 Å². The Balaban J connectivity index is 2.40. The molecule has 0 aromatic carbocycles. The molecule has 1 N–H and O–H groups in total. The summed E-state index contributed by atoms with van der Waals surface area (Å²) in [6.07, 6.45) is 2.23. The Morgan fingerprint density at radius 1 is 1.69 bits per heavy atom. The molecule has 4 nitrogen and oxygen atoms in total. The Hall–Kier alpha value is -0.650. The summed E-state index contributed by atoms with van der Waals surface area (Å²) in [5.74, 6) is 0.485. The third-order valence-electron chi connectivity index (χ3n) is 2.60. The summed E-state index contributed by atoms with van der Waals surface area (Å²) in [5, 5.41) is 10.4. The second-order valence-corrected chi connectivity index (χ2v) is 4.69. The largest absolute Gasteiger partial charge is 0.478 e. The molecule has 0 bridgehead atoms. The van der Waals surface area contributed by atoms with Crippen LogP contribution < -0.4 is 4.74 Å². The van der Waals surface area contributed by atoms with E-state index in [-0.39, 0.29) is 0 Å². The molecule has 1 aliphatic heterocycles. The van der Waals surface area contributed by atoms with Crippen LogP contribution in [-0.2, 0) is 10.3 Å². The number of rotatable bonds is 3. The first kappa shape index (κ1) is 11.8. The van der Waals surface area contributed by atoms with Gasteiger partial charge in [-0.05, 0) is 28.9 Å². The van der Waals surface area contributed by atoms with Crippen molar-refractivity contribution in [2.75, 3.05) is 19.8 Å². The van der Waals surface area contributed by atoms with Crippen LogP contribution in [0, 0.1) is 0 Å². The van der Waals surface area contributed by atoms with Crippen molar-refractivity contribution >= 4 is 15.9 Å². The number of aromatic nitrogens is 1. The van der Waals surface area contributed by atoms with E-state index in [9.17, 15) is 5.11 Å². The highest BCUT2D eigenvalue weighted by atomic mass is 79.9. The molecule has 16 heavy (non-hydrogen) atoms. The SMILES string of the molecule is CCOc1ncc(Br)cc1[C@]1(O)CCOC1. The van der Waals surface area contributed by atoms with Gasteiger partial charge in [0.15, 0.2) is 0 Å². The topological polar surface area (TPSA) is 51.6 Å². The second kappa shape index (κ2) is 4.69. The zero-order chi connectivity index (χ0) is 11.6. The van der Waals surface area contributed by atoms with Crippen molar-refractivity contribution in [1.82, 2.24) is 4.98 Å². The van der Waals surface area contributed by atoms with Gasteiger partial charge >= 0.3 is 0 Å². The van der Waals surface area contributed by atoms with Gasteiger partial charge in [0, 0.05) is 29.3 Å². The van der Waals surface area contributed by atoms with Crippen LogP contribution in [0.4, 0.5) is 0 Å². The Kier molecular flexibility index (Phi) is 3.47. The first-order valence-electron chi connectivity index (χ1n) is 5.24. The lowest BCUT2D eigenvalue weighted by molar-refractivity contribution is 0.0202. The van der Waals surface area contributed by atoms with Gasteiger partial charge in [0.05, 0.1) is 13.2 Å². The van der Waals surface area contributed by atoms with Crippen LogP contribution in [0.3, 0.4) is 0 Å². The molecule has 88 valence electrons. The molecular weight excluding hydrogens is 274 g/mol. The predicted octanol–water partition coefficient (Wildman–Crippen LogP) is 1.85. The molecular formula is C11H14BrNO3. The molecule has 0 saturated carbocycles. The van der Waals surface area contributed by atoms with E-state index in [1.54, 1.807) is 6.20 Å². The molecule has 1 aromatic heterocycles. The van der Waals surface area contributed by atoms with E-state index in [0.29, 0.717) is 37.7 Å². The van der Waals surface area contributed by atoms with Crippen LogP contribution in [0.5, 0.6) is 5.88 Å². The van der Waals surface area contributed by atoms with Gasteiger partial charge < -0.3 is 14.6 Å². The maximum atomic E-state index is 10.4. The number of hydrogen-bond acceptors (Lipinski definition) is 4. The minimum absolute atomic E-state index is 0.297. The van der Waals surface area contributed by atoms with Crippen LogP contribution in [0.25, 0.3) is 0 Å². The minimum Gasteiger partial charge on any atom is -0.478 e. The molecule has 0 aliphatic carbocycles. The normalized spacial score (nSPS) is 24.7. The quantitative estimate of drug-likeness (QED) is 0.922. The van der Waals surface area contributed by atoms with Crippen LogP contribution >= 0.6 is 15.9 Å². The summed E-state index contributed by atoms with van der Waals surface area (Å²) in [4.78, 5) is 4.17. The molecule has 1 aliphatic rings. The number of hydrogen-bond donors (Lipinski definition) is 1. The van der Waals surface area contributed by atoms with E-state index in [1.165, 1.54) is 0 Å². The van der Waals surface area contributed by atoms with Crippen LogP contribution in [-0.4, -0.2) is 29.9 Å². The first-order chi connectivity index (χ1) is 7.65. The van der Waals surface area contributed by atoms with Gasteiger partial charge in [0.2, 0.25) is 5.88 Å². The standard InChI is InChI=1S/C11H14BrNO3/c1-2-16-10-9(5-8(12)6-13-10)11(14)3-4-15-7-11/h5-6,14H,2-4,7H2,1H3/t11-/m0/s1. The van der Waals surface area contributed by atoms with Crippen molar-refractivity contribution in [2.24, 2.45) is 0 Å². The Bertz CT molecular complexity index is 377. The highest BCUT2D eigenvalue weighted by Gasteiger charge is 2.37. The highest BCUT2D eigenvalue weighted by Crippen LogP contribution is 2.36. The monoisotopic (exact) mass is 287 g/mol. The maximum Gasteiger partial charge on any atom is 0.219 e. The van der Waals surface area contributed by atoms with Crippen LogP contribution in [0.15, 0.2) is 16.7 Å². The lowest BCUT2D eigenvalue weighted by Gasteiger charge is -2.23. The number of nitrogens with zero attached hydrogens (tertiary/aromatic N) is 1. The third-order valence-corrected chi connectivity index (χ3v) is 3.03. The summed E-state index contributed by atoms with van der Waals surface area (Å²) in [6.45, 7) is 3.28. The molecule has 1 saturated heterocycles. The lowest BCUT2D eigenvalue weighted by atomic mass is 9.94. The summed E-state index contributed by atoms with van der Waals surface area (Å²) >= 11 is 3.35. The van der Waals surface area contributed by atoms with E-state index in [1.807, 2.05) is 13.0 Å². The lowest BCUT2D eigenvalue weighted by Crippen LogP contribution is -2.27.